The van der Waals surface area contributed by atoms with Crippen LogP contribution in [0.2, 0.25) is 0 Å². The number of aliphatic hydroxyl groups excluding tert-OH is 3. The first-order chi connectivity index (χ1) is 8.00. The Bertz CT molecular complexity index is 341. The lowest BCUT2D eigenvalue weighted by Crippen LogP contribution is -2.50. The van der Waals surface area contributed by atoms with Gasteiger partial charge in [-0.05, 0) is 0 Å². The Hall–Kier alpha value is 0.120. The zero-order valence-electron chi connectivity index (χ0n) is 8.57. The summed E-state index contributed by atoms with van der Waals surface area (Å²) in [5.41, 5.74) is 0. The molecular weight excluding hydrogens is 452 g/mol. The fourth-order valence-corrected chi connectivity index (χ4v) is 1.50. The van der Waals surface area contributed by atoms with Gasteiger partial charge in [0.2, 0.25) is 0 Å². The highest BCUT2D eigenvalue weighted by Crippen LogP contribution is 2.35. The van der Waals surface area contributed by atoms with Crippen LogP contribution < -0.4 is 0 Å². The molecule has 9 nitrogen and oxygen atoms in total. The standard InChI is InChI=1S/C6H9Br3N2O7/c7-5(2-12,10(15)16)3(13)1-4(14)6(8,9)11(17)18/h3-4,12-14H,1-2H2. The highest BCUT2D eigenvalue weighted by atomic mass is 79.9. The summed E-state index contributed by atoms with van der Waals surface area (Å²) < 4.78 is -4.43. The zero-order valence-corrected chi connectivity index (χ0v) is 13.3. The number of alkyl halides is 3. The van der Waals surface area contributed by atoms with E-state index >= 15 is 0 Å². The Morgan fingerprint density at radius 3 is 1.78 bits per heavy atom. The molecule has 0 aliphatic carbocycles. The molecule has 0 radical (unpaired) electrons. The quantitative estimate of drug-likeness (QED) is 0.212. The van der Waals surface area contributed by atoms with Crippen LogP contribution in [-0.2, 0) is 0 Å². The molecular formula is C6H9Br3N2O7. The molecule has 0 aliphatic rings. The van der Waals surface area contributed by atoms with Crippen molar-refractivity contribution >= 4 is 47.8 Å². The van der Waals surface area contributed by atoms with Crippen LogP contribution in [-0.4, -0.2) is 51.8 Å². The SMILES string of the molecule is O=[N+]([O-])C(Br)(Br)C(O)CC(O)C(Br)(CO)[N+](=O)[O-]. The topological polar surface area (TPSA) is 147 Å². The van der Waals surface area contributed by atoms with Crippen LogP contribution in [0.15, 0.2) is 0 Å². The predicted molar refractivity (Wildman–Crippen MR) is 69.9 cm³/mol. The van der Waals surface area contributed by atoms with Crippen LogP contribution in [0.5, 0.6) is 0 Å². The Balaban J connectivity index is 4.91. The molecule has 0 rings (SSSR count). The maximum atomic E-state index is 10.7. The Kier molecular flexibility index (Phi) is 6.56. The molecule has 0 spiro atoms. The third-order valence-corrected chi connectivity index (χ3v) is 4.83. The smallest absolute Gasteiger partial charge is 0.352 e. The first-order valence-corrected chi connectivity index (χ1v) is 6.70. The van der Waals surface area contributed by atoms with Crippen molar-refractivity contribution in [3.8, 4) is 0 Å². The maximum absolute atomic E-state index is 10.7. The van der Waals surface area contributed by atoms with Crippen LogP contribution in [0.25, 0.3) is 0 Å². The molecule has 18 heavy (non-hydrogen) atoms. The molecule has 0 bridgehead atoms. The summed E-state index contributed by atoms with van der Waals surface area (Å²) in [6, 6.07) is 0. The first kappa shape index (κ1) is 18.1. The Morgan fingerprint density at radius 2 is 1.50 bits per heavy atom. The molecule has 0 amide bonds. The largest absolute Gasteiger partial charge is 0.388 e. The van der Waals surface area contributed by atoms with Crippen molar-refractivity contribution in [3.63, 3.8) is 0 Å². The van der Waals surface area contributed by atoms with Crippen LogP contribution in [0.4, 0.5) is 0 Å². The second-order valence-corrected chi connectivity index (χ2v) is 8.20. The maximum Gasteiger partial charge on any atom is 0.352 e. The average molecular weight is 461 g/mol. The van der Waals surface area contributed by atoms with Gasteiger partial charge in [0.15, 0.2) is 0 Å². The van der Waals surface area contributed by atoms with Gasteiger partial charge in [-0.3, -0.25) is 20.2 Å². The van der Waals surface area contributed by atoms with Gasteiger partial charge in [0.1, 0.15) is 18.8 Å². The van der Waals surface area contributed by atoms with E-state index in [1.165, 1.54) is 0 Å². The van der Waals surface area contributed by atoms with Crippen molar-refractivity contribution in [2.45, 2.75) is 26.4 Å². The summed E-state index contributed by atoms with van der Waals surface area (Å²) in [4.78, 5) is 19.3. The molecule has 3 N–H and O–H groups in total. The van der Waals surface area contributed by atoms with Crippen LogP contribution in [0.3, 0.4) is 0 Å². The number of halogens is 3. The predicted octanol–water partition coefficient (Wildman–Crippen LogP) is 0.179. The molecule has 0 aliphatic heterocycles. The van der Waals surface area contributed by atoms with Gasteiger partial charge in [0, 0.05) is 59.1 Å². The van der Waals surface area contributed by atoms with Gasteiger partial charge in [-0.1, -0.05) is 0 Å². The minimum absolute atomic E-state index is 0.718. The summed E-state index contributed by atoms with van der Waals surface area (Å²) in [6.45, 7) is -1.05. The van der Waals surface area contributed by atoms with Gasteiger partial charge in [-0.2, -0.15) is 0 Å². The lowest BCUT2D eigenvalue weighted by atomic mass is 10.1. The van der Waals surface area contributed by atoms with E-state index in [-0.39, 0.29) is 0 Å². The van der Waals surface area contributed by atoms with Gasteiger partial charge in [0.05, 0.1) is 4.92 Å². The van der Waals surface area contributed by atoms with Gasteiger partial charge >= 0.3 is 7.81 Å². The number of hydrogen-bond acceptors (Lipinski definition) is 7. The van der Waals surface area contributed by atoms with Crippen molar-refractivity contribution in [1.29, 1.82) is 0 Å². The van der Waals surface area contributed by atoms with Crippen molar-refractivity contribution in [3.05, 3.63) is 20.2 Å². The average Bonchev–Trinajstić information content (AvgIpc) is 2.26. The van der Waals surface area contributed by atoms with Crippen molar-refractivity contribution in [1.82, 2.24) is 0 Å². The molecule has 0 aromatic carbocycles. The molecule has 0 aromatic rings. The highest BCUT2D eigenvalue weighted by molar-refractivity contribution is 9.25. The molecule has 106 valence electrons. The Labute approximate surface area is 126 Å². The second-order valence-electron chi connectivity index (χ2n) is 3.35. The number of rotatable bonds is 7. The number of nitrogens with zero attached hydrogens (tertiary/aromatic N) is 2. The van der Waals surface area contributed by atoms with E-state index in [9.17, 15) is 30.4 Å². The number of hydrogen-bond donors (Lipinski definition) is 3. The molecule has 12 heteroatoms. The molecule has 0 saturated carbocycles. The fraction of sp³-hybridized carbons (Fsp3) is 1.00. The van der Waals surface area contributed by atoms with Crippen molar-refractivity contribution in [2.75, 3.05) is 6.61 Å². The monoisotopic (exact) mass is 458 g/mol. The van der Waals surface area contributed by atoms with Gasteiger partial charge in [-0.25, -0.2) is 0 Å². The lowest BCUT2D eigenvalue weighted by molar-refractivity contribution is -0.553. The molecule has 3 atom stereocenters. The Morgan fingerprint density at radius 1 is 1.06 bits per heavy atom. The summed E-state index contributed by atoms with van der Waals surface area (Å²) in [6.07, 6.45) is -4.34. The van der Waals surface area contributed by atoms with E-state index in [2.05, 4.69) is 47.8 Å². The van der Waals surface area contributed by atoms with E-state index in [4.69, 9.17) is 5.11 Å². The number of nitro groups is 2. The summed E-state index contributed by atoms with van der Waals surface area (Å²) in [7, 11) is 0. The van der Waals surface area contributed by atoms with Gasteiger partial charge in [-0.15, -0.1) is 0 Å². The first-order valence-electron chi connectivity index (χ1n) is 4.32. The minimum atomic E-state index is -2.29. The molecule has 3 unspecified atom stereocenters. The zero-order chi connectivity index (χ0) is 14.7. The van der Waals surface area contributed by atoms with E-state index in [1.807, 2.05) is 0 Å². The summed E-state index contributed by atoms with van der Waals surface area (Å²) >= 11 is 7.69. The highest BCUT2D eigenvalue weighted by Gasteiger charge is 2.53. The molecule has 0 fully saturated rings. The molecule has 0 aromatic heterocycles. The van der Waals surface area contributed by atoms with E-state index in [1.54, 1.807) is 0 Å². The van der Waals surface area contributed by atoms with Gasteiger partial charge < -0.3 is 15.3 Å². The van der Waals surface area contributed by atoms with E-state index in [0.717, 1.165) is 0 Å². The van der Waals surface area contributed by atoms with Crippen LogP contribution in [0, 0.1) is 20.2 Å². The van der Waals surface area contributed by atoms with Crippen LogP contribution >= 0.6 is 47.8 Å². The lowest BCUT2D eigenvalue weighted by Gasteiger charge is -2.26. The van der Waals surface area contributed by atoms with E-state index in [0.29, 0.717) is 0 Å². The summed E-state index contributed by atoms with van der Waals surface area (Å²) in [5, 5.41) is 49.2. The normalized spacial score (nSPS) is 18.8. The second kappa shape index (κ2) is 6.52. The molecule has 0 heterocycles. The number of aliphatic hydroxyl groups is 3. The third kappa shape index (κ3) is 3.81. The van der Waals surface area contributed by atoms with Gasteiger partial charge in [0.25, 0.3) is 0 Å². The third-order valence-electron chi connectivity index (χ3n) is 2.13. The van der Waals surface area contributed by atoms with Crippen LogP contribution in [0.1, 0.15) is 6.42 Å². The minimum Gasteiger partial charge on any atom is -0.388 e. The van der Waals surface area contributed by atoms with Crippen molar-refractivity contribution < 1.29 is 25.2 Å². The molecule has 0 saturated heterocycles. The fourth-order valence-electron chi connectivity index (χ4n) is 0.940. The van der Waals surface area contributed by atoms with Crippen molar-refractivity contribution in [2.24, 2.45) is 0 Å². The summed E-state index contributed by atoms with van der Waals surface area (Å²) in [5.74, 6) is 0. The van der Waals surface area contributed by atoms with E-state index < -0.39 is 42.9 Å².